The molecule has 0 bridgehead atoms. The molecule has 1 atom stereocenters. The lowest BCUT2D eigenvalue weighted by molar-refractivity contribution is -0.115. The molecule has 31 heavy (non-hydrogen) atoms. The second-order valence-electron chi connectivity index (χ2n) is 6.45. The Hall–Kier alpha value is -1.92. The van der Waals surface area contributed by atoms with Crippen LogP contribution in [0, 0.1) is 0 Å². The molecule has 0 fully saturated rings. The van der Waals surface area contributed by atoms with Gasteiger partial charge in [-0.2, -0.15) is 0 Å². The van der Waals surface area contributed by atoms with Crippen LogP contribution in [0.4, 0.5) is 5.13 Å². The van der Waals surface area contributed by atoms with Crippen LogP contribution < -0.4 is 5.32 Å². The first kappa shape index (κ1) is 22.3. The molecule has 3 aromatic heterocycles. The van der Waals surface area contributed by atoms with E-state index in [-0.39, 0.29) is 11.2 Å². The van der Waals surface area contributed by atoms with Gasteiger partial charge in [0.05, 0.1) is 10.6 Å². The summed E-state index contributed by atoms with van der Waals surface area (Å²) in [5.74, 6) is -0.125. The van der Waals surface area contributed by atoms with Crippen LogP contribution in [0.3, 0.4) is 0 Å². The Bertz CT molecular complexity index is 1200. The predicted octanol–water partition coefficient (Wildman–Crippen LogP) is 5.63. The standard InChI is InChI=1S/C20H18BrN5O2S3/c1-3-14(17(27)24-20-26-25-15(31-20)8-28-2)30-19-16-13(9-29-18(16)22-10-23-19)11-4-6-12(21)7-5-11/h4-7,9-10,14H,3,8H2,1-2H3,(H,24,26,27). The van der Waals surface area contributed by atoms with Crippen LogP contribution in [-0.2, 0) is 16.1 Å². The number of aromatic nitrogens is 4. The molecule has 0 aliphatic rings. The van der Waals surface area contributed by atoms with Crippen LogP contribution in [0.25, 0.3) is 21.3 Å². The van der Waals surface area contributed by atoms with Crippen LogP contribution >= 0.6 is 50.4 Å². The summed E-state index contributed by atoms with van der Waals surface area (Å²) in [5, 5.41) is 15.6. The molecule has 1 amide bonds. The molecule has 0 saturated heterocycles. The topological polar surface area (TPSA) is 89.9 Å². The zero-order valence-corrected chi connectivity index (χ0v) is 20.7. The number of halogens is 1. The Labute approximate surface area is 199 Å². The summed E-state index contributed by atoms with van der Waals surface area (Å²) < 4.78 is 6.08. The smallest absolute Gasteiger partial charge is 0.239 e. The highest BCUT2D eigenvalue weighted by atomic mass is 79.9. The summed E-state index contributed by atoms with van der Waals surface area (Å²) >= 11 is 7.81. The number of rotatable bonds is 8. The van der Waals surface area contributed by atoms with Gasteiger partial charge in [-0.05, 0) is 24.1 Å². The van der Waals surface area contributed by atoms with Gasteiger partial charge in [0, 0.05) is 22.5 Å². The Kier molecular flexibility index (Phi) is 7.28. The van der Waals surface area contributed by atoms with Gasteiger partial charge in [0.25, 0.3) is 0 Å². The maximum atomic E-state index is 12.9. The van der Waals surface area contributed by atoms with Crippen LogP contribution in [0.2, 0.25) is 0 Å². The lowest BCUT2D eigenvalue weighted by atomic mass is 10.1. The second kappa shape index (κ2) is 10.1. The van der Waals surface area contributed by atoms with Crippen molar-refractivity contribution in [2.45, 2.75) is 30.2 Å². The molecule has 4 aromatic rings. The third kappa shape index (κ3) is 5.12. The first-order valence-electron chi connectivity index (χ1n) is 9.36. The fraction of sp³-hybridized carbons (Fsp3) is 0.250. The minimum Gasteiger partial charge on any atom is -0.377 e. The van der Waals surface area contributed by atoms with Crippen LogP contribution in [0.5, 0.6) is 0 Å². The SMILES string of the molecule is CCC(Sc1ncnc2scc(-c3ccc(Br)cc3)c12)C(=O)Nc1nnc(COC)s1. The number of carbonyl (C=O) groups is 1. The highest BCUT2D eigenvalue weighted by molar-refractivity contribution is 9.10. The van der Waals surface area contributed by atoms with E-state index in [9.17, 15) is 4.79 Å². The van der Waals surface area contributed by atoms with Gasteiger partial charge in [-0.3, -0.25) is 10.1 Å². The number of thiophene rings is 1. The highest BCUT2D eigenvalue weighted by Crippen LogP contribution is 2.39. The van der Waals surface area contributed by atoms with Crippen molar-refractivity contribution in [2.24, 2.45) is 0 Å². The minimum absolute atomic E-state index is 0.125. The van der Waals surface area contributed by atoms with Gasteiger partial charge in [0.2, 0.25) is 11.0 Å². The zero-order valence-electron chi connectivity index (χ0n) is 16.7. The lowest BCUT2D eigenvalue weighted by Gasteiger charge is -2.14. The molecule has 3 heterocycles. The normalized spacial score (nSPS) is 12.2. The first-order chi connectivity index (χ1) is 15.1. The van der Waals surface area contributed by atoms with Gasteiger partial charge >= 0.3 is 0 Å². The van der Waals surface area contributed by atoms with Crippen molar-refractivity contribution >= 4 is 71.6 Å². The zero-order chi connectivity index (χ0) is 21.8. The summed E-state index contributed by atoms with van der Waals surface area (Å²) in [7, 11) is 1.60. The van der Waals surface area contributed by atoms with Crippen molar-refractivity contribution in [3.8, 4) is 11.1 Å². The molecule has 4 rings (SSSR count). The van der Waals surface area contributed by atoms with E-state index in [2.05, 4.69) is 58.9 Å². The predicted molar refractivity (Wildman–Crippen MR) is 130 cm³/mol. The van der Waals surface area contributed by atoms with Gasteiger partial charge in [-0.15, -0.1) is 21.5 Å². The number of amides is 1. The molecule has 1 N–H and O–H groups in total. The molecule has 0 spiro atoms. The van der Waals surface area contributed by atoms with E-state index < -0.39 is 0 Å². The maximum absolute atomic E-state index is 12.9. The van der Waals surface area contributed by atoms with Crippen molar-refractivity contribution in [3.05, 3.63) is 45.5 Å². The Morgan fingerprint density at radius 3 is 2.81 bits per heavy atom. The largest absolute Gasteiger partial charge is 0.377 e. The van der Waals surface area contributed by atoms with E-state index in [4.69, 9.17) is 4.74 Å². The monoisotopic (exact) mass is 535 g/mol. The summed E-state index contributed by atoms with van der Waals surface area (Å²) in [6.45, 7) is 2.35. The minimum atomic E-state index is -0.328. The Morgan fingerprint density at radius 2 is 2.06 bits per heavy atom. The van der Waals surface area contributed by atoms with Gasteiger partial charge in [-0.25, -0.2) is 9.97 Å². The number of carbonyl (C=O) groups excluding carboxylic acids is 1. The van der Waals surface area contributed by atoms with E-state index in [1.54, 1.807) is 24.8 Å². The van der Waals surface area contributed by atoms with E-state index in [0.717, 1.165) is 30.8 Å². The molecule has 0 radical (unpaired) electrons. The molecular weight excluding hydrogens is 518 g/mol. The average Bonchev–Trinajstić information content (AvgIpc) is 3.40. The van der Waals surface area contributed by atoms with E-state index in [1.165, 1.54) is 23.1 Å². The number of benzene rings is 1. The molecule has 0 aliphatic carbocycles. The van der Waals surface area contributed by atoms with E-state index in [0.29, 0.717) is 23.2 Å². The van der Waals surface area contributed by atoms with Crippen molar-refractivity contribution in [1.29, 1.82) is 0 Å². The maximum Gasteiger partial charge on any atom is 0.239 e. The number of nitrogens with zero attached hydrogens (tertiary/aromatic N) is 4. The molecular formula is C20H18BrN5O2S3. The molecule has 7 nitrogen and oxygen atoms in total. The lowest BCUT2D eigenvalue weighted by Crippen LogP contribution is -2.24. The van der Waals surface area contributed by atoms with Crippen molar-refractivity contribution < 1.29 is 9.53 Å². The summed E-state index contributed by atoms with van der Waals surface area (Å²) in [6, 6.07) is 8.14. The number of nitrogens with one attached hydrogen (secondary N) is 1. The molecule has 1 aromatic carbocycles. The summed E-state index contributed by atoms with van der Waals surface area (Å²) in [4.78, 5) is 22.8. The van der Waals surface area contributed by atoms with Gasteiger partial charge in [0.1, 0.15) is 27.8 Å². The summed E-state index contributed by atoms with van der Waals surface area (Å²) in [6.07, 6.45) is 2.20. The fourth-order valence-electron chi connectivity index (χ4n) is 2.91. The van der Waals surface area contributed by atoms with Crippen LogP contribution in [0.1, 0.15) is 18.4 Å². The molecule has 0 saturated carbocycles. The third-order valence-electron chi connectivity index (χ3n) is 4.37. The van der Waals surface area contributed by atoms with Gasteiger partial charge in [0.15, 0.2) is 0 Å². The van der Waals surface area contributed by atoms with E-state index in [1.807, 2.05) is 19.1 Å². The van der Waals surface area contributed by atoms with Crippen LogP contribution in [0.15, 0.2) is 45.5 Å². The molecule has 0 aliphatic heterocycles. The molecule has 160 valence electrons. The number of anilines is 1. The van der Waals surface area contributed by atoms with Crippen molar-refractivity contribution in [3.63, 3.8) is 0 Å². The Morgan fingerprint density at radius 1 is 1.26 bits per heavy atom. The average molecular weight is 537 g/mol. The summed E-state index contributed by atoms with van der Waals surface area (Å²) in [5.41, 5.74) is 2.15. The number of fused-ring (bicyclic) bond motifs is 1. The third-order valence-corrected chi connectivity index (χ3v) is 7.96. The quantitative estimate of drug-likeness (QED) is 0.231. The van der Waals surface area contributed by atoms with Crippen molar-refractivity contribution in [1.82, 2.24) is 20.2 Å². The number of hydrogen-bond acceptors (Lipinski definition) is 9. The van der Waals surface area contributed by atoms with Crippen LogP contribution in [-0.4, -0.2) is 38.4 Å². The number of ether oxygens (including phenoxy) is 1. The fourth-order valence-corrected chi connectivity index (χ4v) is 5.90. The second-order valence-corrected chi connectivity index (χ2v) is 10.5. The van der Waals surface area contributed by atoms with E-state index >= 15 is 0 Å². The Balaban J connectivity index is 1.59. The number of thioether (sulfide) groups is 1. The molecule has 1 unspecified atom stereocenters. The number of methoxy groups -OCH3 is 1. The highest BCUT2D eigenvalue weighted by Gasteiger charge is 2.23. The van der Waals surface area contributed by atoms with Gasteiger partial charge in [-0.1, -0.05) is 58.1 Å². The van der Waals surface area contributed by atoms with Gasteiger partial charge < -0.3 is 4.74 Å². The molecule has 11 heteroatoms. The first-order valence-corrected chi connectivity index (χ1v) is 12.7. The van der Waals surface area contributed by atoms with Crippen molar-refractivity contribution in [2.75, 3.05) is 12.4 Å². The number of hydrogen-bond donors (Lipinski definition) is 1.